The van der Waals surface area contributed by atoms with Crippen LogP contribution in [0, 0.1) is 6.92 Å². The fraction of sp³-hybridized carbons (Fsp3) is 0.0833. The molecule has 1 aromatic heterocycles. The van der Waals surface area contributed by atoms with Crippen LogP contribution in [-0.2, 0) is 0 Å². The first-order valence-electron chi connectivity index (χ1n) is 9.96. The Morgan fingerprint density at radius 1 is 1.00 bits per heavy atom. The predicted octanol–water partition coefficient (Wildman–Crippen LogP) is 4.84. The van der Waals surface area contributed by atoms with E-state index in [0.717, 1.165) is 10.0 Å². The summed E-state index contributed by atoms with van der Waals surface area (Å²) in [5.41, 5.74) is 3.48. The molecule has 0 radical (unpaired) electrons. The first-order chi connectivity index (χ1) is 15.9. The molecule has 166 valence electrons. The lowest BCUT2D eigenvalue weighted by Gasteiger charge is -2.12. The van der Waals surface area contributed by atoms with E-state index in [1.807, 2.05) is 25.1 Å². The molecule has 3 aromatic carbocycles. The van der Waals surface area contributed by atoms with Crippen LogP contribution in [0.5, 0.6) is 6.01 Å². The van der Waals surface area contributed by atoms with Crippen molar-refractivity contribution in [2.75, 3.05) is 12.4 Å². The van der Waals surface area contributed by atoms with Crippen molar-refractivity contribution in [3.05, 3.63) is 87.4 Å². The van der Waals surface area contributed by atoms with Crippen molar-refractivity contribution < 1.29 is 19.1 Å². The van der Waals surface area contributed by atoms with Gasteiger partial charge >= 0.3 is 12.1 Å². The largest absolute Gasteiger partial charge is 0.414 e. The lowest BCUT2D eigenvalue weighted by molar-refractivity contribution is 0.0996. The number of nitrogens with one attached hydrogen (secondary N) is 3. The molecule has 0 bridgehead atoms. The summed E-state index contributed by atoms with van der Waals surface area (Å²) < 4.78 is 5.83. The van der Waals surface area contributed by atoms with Gasteiger partial charge in [-0.15, -0.1) is 0 Å². The van der Waals surface area contributed by atoms with Gasteiger partial charge in [-0.05, 0) is 48.9 Å². The molecule has 4 rings (SSSR count). The Balaban J connectivity index is 1.64. The minimum absolute atomic E-state index is 0.0121. The first-order valence-corrected chi connectivity index (χ1v) is 10.8. The van der Waals surface area contributed by atoms with Gasteiger partial charge in [0.25, 0.3) is 5.91 Å². The number of rotatable bonds is 5. The first kappa shape index (κ1) is 22.2. The summed E-state index contributed by atoms with van der Waals surface area (Å²) in [6.45, 7) is 1.89. The second-order valence-corrected chi connectivity index (χ2v) is 8.12. The fourth-order valence-electron chi connectivity index (χ4n) is 3.27. The minimum atomic E-state index is -0.661. The number of benzene rings is 3. The quantitative estimate of drug-likeness (QED) is 0.335. The van der Waals surface area contributed by atoms with E-state index in [9.17, 15) is 14.4 Å². The lowest BCUT2D eigenvalue weighted by atomic mass is 9.97. The molecular weight excluding hydrogens is 488 g/mol. The number of amides is 2. The maximum atomic E-state index is 13.3. The summed E-state index contributed by atoms with van der Waals surface area (Å²) in [6, 6.07) is 17.1. The third-order valence-electron chi connectivity index (χ3n) is 4.98. The highest BCUT2D eigenvalue weighted by Gasteiger charge is 2.20. The SMILES string of the molecule is CNC(=O)Oc1nc2ccc(C(=O)c3ccccc3C(=O)Nc3cc(Br)ccc3C)cc2[nH]1. The molecule has 0 saturated carbocycles. The maximum absolute atomic E-state index is 13.3. The van der Waals surface area contributed by atoms with E-state index in [1.165, 1.54) is 7.05 Å². The number of carbonyl (C=O) groups is 3. The molecule has 1 heterocycles. The van der Waals surface area contributed by atoms with Gasteiger partial charge in [0.2, 0.25) is 0 Å². The Morgan fingerprint density at radius 3 is 2.52 bits per heavy atom. The van der Waals surface area contributed by atoms with E-state index in [4.69, 9.17) is 4.74 Å². The number of nitrogens with zero attached hydrogens (tertiary/aromatic N) is 1. The van der Waals surface area contributed by atoms with Crippen LogP contribution in [0.2, 0.25) is 0 Å². The van der Waals surface area contributed by atoms with Crippen LogP contribution in [0.15, 0.2) is 65.1 Å². The molecule has 0 unspecified atom stereocenters. The number of anilines is 1. The number of H-pyrrole nitrogens is 1. The third kappa shape index (κ3) is 4.78. The highest BCUT2D eigenvalue weighted by Crippen LogP contribution is 2.24. The van der Waals surface area contributed by atoms with Gasteiger partial charge in [0.1, 0.15) is 0 Å². The number of halogens is 1. The monoisotopic (exact) mass is 506 g/mol. The third-order valence-corrected chi connectivity index (χ3v) is 5.47. The second kappa shape index (κ2) is 9.25. The fourth-order valence-corrected chi connectivity index (χ4v) is 3.63. The van der Waals surface area contributed by atoms with Crippen LogP contribution in [0.3, 0.4) is 0 Å². The van der Waals surface area contributed by atoms with Crippen molar-refractivity contribution in [2.45, 2.75) is 6.92 Å². The zero-order valence-electron chi connectivity index (χ0n) is 17.7. The summed E-state index contributed by atoms with van der Waals surface area (Å²) in [6.07, 6.45) is -0.661. The average Bonchev–Trinajstić information content (AvgIpc) is 3.22. The van der Waals surface area contributed by atoms with E-state index in [1.54, 1.807) is 42.5 Å². The summed E-state index contributed by atoms with van der Waals surface area (Å²) in [5, 5.41) is 5.21. The summed E-state index contributed by atoms with van der Waals surface area (Å²) in [5.74, 6) is -0.707. The van der Waals surface area contributed by atoms with Gasteiger partial charge in [0.05, 0.1) is 16.6 Å². The van der Waals surface area contributed by atoms with Crippen molar-refractivity contribution >= 4 is 50.4 Å². The second-order valence-electron chi connectivity index (χ2n) is 7.20. The number of carbonyl (C=O) groups excluding carboxylic acids is 3. The number of fused-ring (bicyclic) bond motifs is 1. The highest BCUT2D eigenvalue weighted by molar-refractivity contribution is 9.10. The minimum Gasteiger partial charge on any atom is -0.375 e. The Morgan fingerprint density at radius 2 is 1.76 bits per heavy atom. The Labute approximate surface area is 197 Å². The molecule has 0 atom stereocenters. The molecule has 0 aliphatic carbocycles. The van der Waals surface area contributed by atoms with Crippen molar-refractivity contribution in [1.29, 1.82) is 0 Å². The van der Waals surface area contributed by atoms with Crippen LogP contribution >= 0.6 is 15.9 Å². The summed E-state index contributed by atoms with van der Waals surface area (Å²) >= 11 is 3.40. The average molecular weight is 507 g/mol. The van der Waals surface area contributed by atoms with Crippen molar-refractivity contribution in [1.82, 2.24) is 15.3 Å². The molecule has 8 nitrogen and oxygen atoms in total. The summed E-state index contributed by atoms with van der Waals surface area (Å²) in [7, 11) is 1.44. The van der Waals surface area contributed by atoms with E-state index in [0.29, 0.717) is 22.3 Å². The normalized spacial score (nSPS) is 10.6. The van der Waals surface area contributed by atoms with Gasteiger partial charge in [-0.1, -0.05) is 40.2 Å². The van der Waals surface area contributed by atoms with E-state index >= 15 is 0 Å². The van der Waals surface area contributed by atoms with Gasteiger partial charge in [-0.25, -0.2) is 4.79 Å². The van der Waals surface area contributed by atoms with E-state index in [2.05, 4.69) is 36.5 Å². The van der Waals surface area contributed by atoms with Gasteiger partial charge in [-0.2, -0.15) is 4.98 Å². The maximum Gasteiger partial charge on any atom is 0.414 e. The molecule has 9 heteroatoms. The molecular formula is C24H19BrN4O4. The van der Waals surface area contributed by atoms with E-state index < -0.39 is 6.09 Å². The number of imidazole rings is 1. The highest BCUT2D eigenvalue weighted by atomic mass is 79.9. The lowest BCUT2D eigenvalue weighted by Crippen LogP contribution is -2.22. The number of aromatic amines is 1. The molecule has 0 aliphatic rings. The molecule has 0 saturated heterocycles. The number of ether oxygens (including phenoxy) is 1. The zero-order valence-corrected chi connectivity index (χ0v) is 19.3. The molecule has 0 spiro atoms. The number of aryl methyl sites for hydroxylation is 1. The molecule has 2 amide bonds. The van der Waals surface area contributed by atoms with Crippen molar-refractivity contribution in [2.24, 2.45) is 0 Å². The van der Waals surface area contributed by atoms with Crippen LogP contribution < -0.4 is 15.4 Å². The Kier molecular flexibility index (Phi) is 6.23. The molecule has 4 aromatic rings. The molecule has 0 aliphatic heterocycles. The molecule has 0 fully saturated rings. The van der Waals surface area contributed by atoms with Crippen LogP contribution in [0.1, 0.15) is 31.8 Å². The number of hydrogen-bond donors (Lipinski definition) is 3. The zero-order chi connectivity index (χ0) is 23.5. The topological polar surface area (TPSA) is 113 Å². The van der Waals surface area contributed by atoms with Crippen molar-refractivity contribution in [3.63, 3.8) is 0 Å². The van der Waals surface area contributed by atoms with Gasteiger partial charge in [0.15, 0.2) is 5.78 Å². The predicted molar refractivity (Wildman–Crippen MR) is 128 cm³/mol. The van der Waals surface area contributed by atoms with Gasteiger partial charge in [-0.3, -0.25) is 9.59 Å². The van der Waals surface area contributed by atoms with Gasteiger partial charge < -0.3 is 20.4 Å². The number of hydrogen-bond acceptors (Lipinski definition) is 5. The number of aromatic nitrogens is 2. The van der Waals surface area contributed by atoms with Crippen LogP contribution in [0.25, 0.3) is 11.0 Å². The van der Waals surface area contributed by atoms with Crippen molar-refractivity contribution in [3.8, 4) is 6.01 Å². The summed E-state index contributed by atoms with van der Waals surface area (Å²) in [4.78, 5) is 44.8. The van der Waals surface area contributed by atoms with Gasteiger partial charge in [0, 0.05) is 28.3 Å². The van der Waals surface area contributed by atoms with Crippen LogP contribution in [-0.4, -0.2) is 34.8 Å². The molecule has 3 N–H and O–H groups in total. The van der Waals surface area contributed by atoms with E-state index in [-0.39, 0.29) is 28.8 Å². The Hall–Kier alpha value is -3.98. The Bertz CT molecular complexity index is 1400. The smallest absolute Gasteiger partial charge is 0.375 e. The standard InChI is InChI=1S/C24H19BrN4O4/c1-13-7-9-15(25)12-19(13)27-22(31)17-6-4-3-5-16(17)21(30)14-8-10-18-20(11-14)29-23(28-18)33-24(32)26-2/h3-12H,1-2H3,(H,26,32)(H,27,31)(H,28,29). The van der Waals surface area contributed by atoms with Crippen LogP contribution in [0.4, 0.5) is 10.5 Å². The molecule has 33 heavy (non-hydrogen) atoms. The number of ketones is 1.